The summed E-state index contributed by atoms with van der Waals surface area (Å²) in [6, 6.07) is 5.93. The van der Waals surface area contributed by atoms with E-state index in [1.165, 1.54) is 0 Å². The van der Waals surface area contributed by atoms with Crippen LogP contribution in [0.2, 0.25) is 0 Å². The lowest BCUT2D eigenvalue weighted by molar-refractivity contribution is 0.338. The SMILES string of the molecule is CNC1CCN(c2ccc(Br)c(F)c2)CC1C. The maximum absolute atomic E-state index is 13.5. The molecule has 4 heteroatoms. The van der Waals surface area contributed by atoms with Gasteiger partial charge in [0.1, 0.15) is 5.82 Å². The fourth-order valence-electron chi connectivity index (χ4n) is 2.49. The highest BCUT2D eigenvalue weighted by atomic mass is 79.9. The average Bonchev–Trinajstić information content (AvgIpc) is 2.32. The Labute approximate surface area is 110 Å². The van der Waals surface area contributed by atoms with E-state index in [9.17, 15) is 4.39 Å². The van der Waals surface area contributed by atoms with Crippen LogP contribution in [-0.4, -0.2) is 26.2 Å². The van der Waals surface area contributed by atoms with Crippen molar-refractivity contribution in [1.29, 1.82) is 0 Å². The van der Waals surface area contributed by atoms with Gasteiger partial charge in [-0.3, -0.25) is 0 Å². The summed E-state index contributed by atoms with van der Waals surface area (Å²) in [4.78, 5) is 2.26. The molecule has 1 heterocycles. The van der Waals surface area contributed by atoms with Crippen LogP contribution in [0.4, 0.5) is 10.1 Å². The quantitative estimate of drug-likeness (QED) is 0.903. The van der Waals surface area contributed by atoms with E-state index in [0.717, 1.165) is 25.2 Å². The summed E-state index contributed by atoms with van der Waals surface area (Å²) in [6.07, 6.45) is 1.11. The first-order valence-corrected chi connectivity index (χ1v) is 6.78. The molecule has 0 aliphatic carbocycles. The van der Waals surface area contributed by atoms with Gasteiger partial charge in [0.25, 0.3) is 0 Å². The first-order chi connectivity index (χ1) is 8.11. The number of benzene rings is 1. The van der Waals surface area contributed by atoms with Crippen molar-refractivity contribution >= 4 is 21.6 Å². The smallest absolute Gasteiger partial charge is 0.139 e. The molecule has 2 atom stereocenters. The lowest BCUT2D eigenvalue weighted by Crippen LogP contribution is -2.47. The van der Waals surface area contributed by atoms with E-state index in [1.807, 2.05) is 13.1 Å². The summed E-state index contributed by atoms with van der Waals surface area (Å²) in [6.45, 7) is 4.20. The van der Waals surface area contributed by atoms with Crippen LogP contribution in [0.5, 0.6) is 0 Å². The predicted molar refractivity (Wildman–Crippen MR) is 72.9 cm³/mol. The standard InChI is InChI=1S/C13H18BrFN2/c1-9-8-17(6-5-13(9)16-2)10-3-4-11(14)12(15)7-10/h3-4,7,9,13,16H,5-6,8H2,1-2H3. The molecule has 0 saturated carbocycles. The van der Waals surface area contributed by atoms with Crippen molar-refractivity contribution < 1.29 is 4.39 Å². The molecule has 0 radical (unpaired) electrons. The minimum Gasteiger partial charge on any atom is -0.371 e. The third-order valence-corrected chi connectivity index (χ3v) is 4.19. The van der Waals surface area contributed by atoms with Crippen LogP contribution in [0, 0.1) is 11.7 Å². The molecule has 2 rings (SSSR count). The van der Waals surface area contributed by atoms with Gasteiger partial charge in [0, 0.05) is 24.8 Å². The van der Waals surface area contributed by atoms with E-state index >= 15 is 0 Å². The minimum absolute atomic E-state index is 0.189. The predicted octanol–water partition coefficient (Wildman–Crippen LogP) is 3.02. The number of piperidine rings is 1. The molecular formula is C13H18BrFN2. The first-order valence-electron chi connectivity index (χ1n) is 5.99. The Kier molecular flexibility index (Phi) is 4.05. The Morgan fingerprint density at radius 3 is 2.82 bits per heavy atom. The van der Waals surface area contributed by atoms with Crippen molar-refractivity contribution in [1.82, 2.24) is 5.32 Å². The van der Waals surface area contributed by atoms with Gasteiger partial charge in [0.2, 0.25) is 0 Å². The highest BCUT2D eigenvalue weighted by Crippen LogP contribution is 2.26. The number of halogens is 2. The molecule has 0 bridgehead atoms. The van der Waals surface area contributed by atoms with E-state index in [-0.39, 0.29) is 5.82 Å². The second kappa shape index (κ2) is 5.36. The first kappa shape index (κ1) is 12.8. The van der Waals surface area contributed by atoms with Gasteiger partial charge in [-0.2, -0.15) is 0 Å². The largest absolute Gasteiger partial charge is 0.371 e. The van der Waals surface area contributed by atoms with E-state index in [2.05, 4.69) is 33.1 Å². The Morgan fingerprint density at radius 2 is 2.24 bits per heavy atom. The highest BCUT2D eigenvalue weighted by molar-refractivity contribution is 9.10. The number of hydrogen-bond acceptors (Lipinski definition) is 2. The normalized spacial score (nSPS) is 25.1. The third-order valence-electron chi connectivity index (χ3n) is 3.54. The topological polar surface area (TPSA) is 15.3 Å². The van der Waals surface area contributed by atoms with Gasteiger partial charge in [-0.25, -0.2) is 4.39 Å². The molecule has 1 aliphatic rings. The Bertz CT molecular complexity index is 397. The molecular weight excluding hydrogens is 283 g/mol. The number of hydrogen-bond donors (Lipinski definition) is 1. The molecule has 94 valence electrons. The van der Waals surface area contributed by atoms with Gasteiger partial charge in [0.15, 0.2) is 0 Å². The minimum atomic E-state index is -0.189. The van der Waals surface area contributed by atoms with Crippen LogP contribution < -0.4 is 10.2 Å². The van der Waals surface area contributed by atoms with Crippen molar-refractivity contribution in [3.63, 3.8) is 0 Å². The van der Waals surface area contributed by atoms with Crippen LogP contribution in [0.25, 0.3) is 0 Å². The number of nitrogens with zero attached hydrogens (tertiary/aromatic N) is 1. The Morgan fingerprint density at radius 1 is 1.47 bits per heavy atom. The van der Waals surface area contributed by atoms with Crippen molar-refractivity contribution in [3.05, 3.63) is 28.5 Å². The zero-order valence-corrected chi connectivity index (χ0v) is 11.8. The molecule has 1 aromatic carbocycles. The number of rotatable bonds is 2. The fraction of sp³-hybridized carbons (Fsp3) is 0.538. The van der Waals surface area contributed by atoms with Crippen molar-refractivity contribution in [3.8, 4) is 0 Å². The zero-order valence-electron chi connectivity index (χ0n) is 10.2. The molecule has 0 amide bonds. The van der Waals surface area contributed by atoms with Gasteiger partial charge in [-0.1, -0.05) is 6.92 Å². The Hall–Kier alpha value is -0.610. The van der Waals surface area contributed by atoms with Crippen LogP contribution in [0.3, 0.4) is 0 Å². The van der Waals surface area contributed by atoms with Gasteiger partial charge >= 0.3 is 0 Å². The third kappa shape index (κ3) is 2.80. The lowest BCUT2D eigenvalue weighted by atomic mass is 9.93. The summed E-state index contributed by atoms with van der Waals surface area (Å²) in [5.74, 6) is 0.395. The van der Waals surface area contributed by atoms with Gasteiger partial charge in [0.05, 0.1) is 4.47 Å². The van der Waals surface area contributed by atoms with E-state index in [4.69, 9.17) is 0 Å². The van der Waals surface area contributed by atoms with Crippen LogP contribution in [0.15, 0.2) is 22.7 Å². The summed E-state index contributed by atoms with van der Waals surface area (Å²) in [5.41, 5.74) is 0.979. The second-order valence-electron chi connectivity index (χ2n) is 4.71. The van der Waals surface area contributed by atoms with Gasteiger partial charge in [-0.05, 0) is 53.5 Å². The average molecular weight is 301 g/mol. The molecule has 1 fully saturated rings. The monoisotopic (exact) mass is 300 g/mol. The molecule has 2 unspecified atom stereocenters. The van der Waals surface area contributed by atoms with Crippen LogP contribution in [-0.2, 0) is 0 Å². The van der Waals surface area contributed by atoms with Crippen molar-refractivity contribution in [2.45, 2.75) is 19.4 Å². The lowest BCUT2D eigenvalue weighted by Gasteiger charge is -2.38. The summed E-state index contributed by atoms with van der Waals surface area (Å²) >= 11 is 3.18. The molecule has 17 heavy (non-hydrogen) atoms. The highest BCUT2D eigenvalue weighted by Gasteiger charge is 2.25. The van der Waals surface area contributed by atoms with Gasteiger partial charge in [-0.15, -0.1) is 0 Å². The molecule has 0 spiro atoms. The van der Waals surface area contributed by atoms with E-state index in [0.29, 0.717) is 16.4 Å². The molecule has 1 aliphatic heterocycles. The summed E-state index contributed by atoms with van der Waals surface area (Å²) in [7, 11) is 2.01. The van der Waals surface area contributed by atoms with Crippen molar-refractivity contribution in [2.24, 2.45) is 5.92 Å². The second-order valence-corrected chi connectivity index (χ2v) is 5.56. The van der Waals surface area contributed by atoms with Crippen molar-refractivity contribution in [2.75, 3.05) is 25.0 Å². The Balaban J connectivity index is 2.11. The molecule has 1 N–H and O–H groups in total. The molecule has 0 aromatic heterocycles. The summed E-state index contributed by atoms with van der Waals surface area (Å²) < 4.78 is 14.0. The summed E-state index contributed by atoms with van der Waals surface area (Å²) in [5, 5.41) is 3.34. The van der Waals surface area contributed by atoms with E-state index in [1.54, 1.807) is 12.1 Å². The molecule has 1 saturated heterocycles. The van der Waals surface area contributed by atoms with E-state index < -0.39 is 0 Å². The zero-order chi connectivity index (χ0) is 12.4. The molecule has 1 aromatic rings. The van der Waals surface area contributed by atoms with Gasteiger partial charge < -0.3 is 10.2 Å². The fourth-order valence-corrected chi connectivity index (χ4v) is 2.74. The molecule has 2 nitrogen and oxygen atoms in total. The van der Waals surface area contributed by atoms with Crippen LogP contribution in [0.1, 0.15) is 13.3 Å². The maximum Gasteiger partial charge on any atom is 0.139 e. The maximum atomic E-state index is 13.5. The van der Waals surface area contributed by atoms with Crippen LogP contribution >= 0.6 is 15.9 Å². The number of nitrogens with one attached hydrogen (secondary N) is 1. The number of anilines is 1.